The fourth-order valence-electron chi connectivity index (χ4n) is 2.83. The van der Waals surface area contributed by atoms with Gasteiger partial charge in [0.1, 0.15) is 18.6 Å². The number of fused-ring (bicyclic) bond motifs is 1. The number of nitrogens with one attached hydrogen (secondary N) is 1. The number of amides is 2. The van der Waals surface area contributed by atoms with E-state index in [2.05, 4.69) is 15.4 Å². The summed E-state index contributed by atoms with van der Waals surface area (Å²) in [6.07, 6.45) is 1.55. The van der Waals surface area contributed by atoms with E-state index in [1.165, 1.54) is 4.90 Å². The van der Waals surface area contributed by atoms with Gasteiger partial charge in [0.2, 0.25) is 11.9 Å². The van der Waals surface area contributed by atoms with Gasteiger partial charge in [0, 0.05) is 0 Å². The maximum absolute atomic E-state index is 12.4. The van der Waals surface area contributed by atoms with E-state index in [9.17, 15) is 9.59 Å². The van der Waals surface area contributed by atoms with Crippen LogP contribution in [0, 0.1) is 0 Å². The normalized spacial score (nSPS) is 13.0. The number of hydrogen-bond donors (Lipinski definition) is 1. The van der Waals surface area contributed by atoms with E-state index in [0.29, 0.717) is 18.0 Å². The fraction of sp³-hybridized carbons (Fsp3) is 0.158. The molecule has 0 fully saturated rings. The van der Waals surface area contributed by atoms with E-state index in [1.807, 2.05) is 36.4 Å². The van der Waals surface area contributed by atoms with E-state index in [-0.39, 0.29) is 30.9 Å². The van der Waals surface area contributed by atoms with Crippen LogP contribution in [-0.4, -0.2) is 39.7 Å². The van der Waals surface area contributed by atoms with E-state index in [0.717, 1.165) is 5.56 Å². The standard InChI is InChI=1S/C19H17N5O3/c25-17(11-24-15-8-4-5-9-16(15)27-12-18(24)26)21-19-20-13-23(22-19)10-14-6-2-1-3-7-14/h1-9,13H,10-12H2,(H,21,22,25). The van der Waals surface area contributed by atoms with Crippen LogP contribution in [0.4, 0.5) is 11.6 Å². The van der Waals surface area contributed by atoms with Crippen LogP contribution < -0.4 is 15.0 Å². The topological polar surface area (TPSA) is 89.4 Å². The molecular weight excluding hydrogens is 346 g/mol. The van der Waals surface area contributed by atoms with Gasteiger partial charge in [-0.15, -0.1) is 5.10 Å². The van der Waals surface area contributed by atoms with E-state index >= 15 is 0 Å². The summed E-state index contributed by atoms with van der Waals surface area (Å²) in [6.45, 7) is 0.333. The zero-order chi connectivity index (χ0) is 18.6. The molecule has 0 unspecified atom stereocenters. The molecule has 1 aromatic heterocycles. The molecule has 2 aromatic carbocycles. The van der Waals surface area contributed by atoms with Gasteiger partial charge in [0.05, 0.1) is 12.2 Å². The lowest BCUT2D eigenvalue weighted by atomic mass is 10.2. The first kappa shape index (κ1) is 16.8. The fourth-order valence-corrected chi connectivity index (χ4v) is 2.83. The van der Waals surface area contributed by atoms with Crippen molar-refractivity contribution in [3.05, 3.63) is 66.5 Å². The average molecular weight is 363 g/mol. The molecule has 0 spiro atoms. The predicted molar refractivity (Wildman–Crippen MR) is 98.5 cm³/mol. The van der Waals surface area contributed by atoms with Crippen LogP contribution in [0.15, 0.2) is 60.9 Å². The van der Waals surface area contributed by atoms with Crippen LogP contribution in [0.5, 0.6) is 5.75 Å². The summed E-state index contributed by atoms with van der Waals surface area (Å²) in [4.78, 5) is 30.0. The number of carbonyl (C=O) groups is 2. The van der Waals surface area contributed by atoms with Crippen molar-refractivity contribution in [2.45, 2.75) is 6.54 Å². The van der Waals surface area contributed by atoms with Crippen molar-refractivity contribution in [1.82, 2.24) is 14.8 Å². The number of benzene rings is 2. The molecule has 0 radical (unpaired) electrons. The Hall–Kier alpha value is -3.68. The Labute approximate surface area is 155 Å². The largest absolute Gasteiger partial charge is 0.482 e. The molecule has 0 bridgehead atoms. The smallest absolute Gasteiger partial charge is 0.265 e. The van der Waals surface area contributed by atoms with Gasteiger partial charge >= 0.3 is 0 Å². The van der Waals surface area contributed by atoms with Crippen LogP contribution in [0.1, 0.15) is 5.56 Å². The molecule has 3 aromatic rings. The maximum Gasteiger partial charge on any atom is 0.265 e. The quantitative estimate of drug-likeness (QED) is 0.745. The zero-order valence-corrected chi connectivity index (χ0v) is 14.4. The summed E-state index contributed by atoms with van der Waals surface area (Å²) in [5, 5.41) is 6.88. The second kappa shape index (κ2) is 7.28. The molecule has 1 aliphatic rings. The molecule has 1 aliphatic heterocycles. The summed E-state index contributed by atoms with van der Waals surface area (Å²) in [6, 6.07) is 16.9. The number of ether oxygens (including phenoxy) is 1. The number of aromatic nitrogens is 3. The van der Waals surface area contributed by atoms with Crippen molar-refractivity contribution in [2.24, 2.45) is 0 Å². The van der Waals surface area contributed by atoms with Crippen LogP contribution in [0.3, 0.4) is 0 Å². The van der Waals surface area contributed by atoms with E-state index in [4.69, 9.17) is 4.74 Å². The minimum Gasteiger partial charge on any atom is -0.482 e. The number of hydrogen-bond acceptors (Lipinski definition) is 5. The Bertz CT molecular complexity index is 970. The average Bonchev–Trinajstić information content (AvgIpc) is 3.11. The molecular formula is C19H17N5O3. The number of nitrogens with zero attached hydrogens (tertiary/aromatic N) is 4. The van der Waals surface area contributed by atoms with Gasteiger partial charge < -0.3 is 4.74 Å². The van der Waals surface area contributed by atoms with Gasteiger partial charge in [-0.05, 0) is 17.7 Å². The highest BCUT2D eigenvalue weighted by molar-refractivity contribution is 6.04. The second-order valence-electron chi connectivity index (χ2n) is 6.04. The predicted octanol–water partition coefficient (Wildman–Crippen LogP) is 1.69. The van der Waals surface area contributed by atoms with Crippen LogP contribution in [0.25, 0.3) is 0 Å². The van der Waals surface area contributed by atoms with Gasteiger partial charge in [-0.1, -0.05) is 42.5 Å². The Kier molecular flexibility index (Phi) is 4.52. The van der Waals surface area contributed by atoms with Gasteiger partial charge in [0.15, 0.2) is 6.61 Å². The van der Waals surface area contributed by atoms with Crippen molar-refractivity contribution < 1.29 is 14.3 Å². The summed E-state index contributed by atoms with van der Waals surface area (Å²) in [5.74, 6) is 0.129. The monoisotopic (exact) mass is 363 g/mol. The molecule has 0 saturated carbocycles. The van der Waals surface area contributed by atoms with E-state index < -0.39 is 0 Å². The van der Waals surface area contributed by atoms with E-state index in [1.54, 1.807) is 29.2 Å². The summed E-state index contributed by atoms with van der Waals surface area (Å²) in [7, 11) is 0. The molecule has 27 heavy (non-hydrogen) atoms. The first-order valence-electron chi connectivity index (χ1n) is 8.44. The SMILES string of the molecule is O=C(CN1C(=O)COc2ccccc21)Nc1ncn(Cc2ccccc2)n1. The van der Waals surface area contributed by atoms with Crippen molar-refractivity contribution in [2.75, 3.05) is 23.4 Å². The highest BCUT2D eigenvalue weighted by atomic mass is 16.5. The third kappa shape index (κ3) is 3.79. The molecule has 0 aliphatic carbocycles. The Morgan fingerprint density at radius 2 is 1.89 bits per heavy atom. The highest BCUT2D eigenvalue weighted by Gasteiger charge is 2.27. The third-order valence-corrected chi connectivity index (χ3v) is 4.09. The third-order valence-electron chi connectivity index (χ3n) is 4.09. The molecule has 136 valence electrons. The number of carbonyl (C=O) groups excluding carboxylic acids is 2. The van der Waals surface area contributed by atoms with Crippen molar-refractivity contribution >= 4 is 23.5 Å². The minimum absolute atomic E-state index is 0.0890. The Morgan fingerprint density at radius 1 is 1.11 bits per heavy atom. The molecule has 4 rings (SSSR count). The van der Waals surface area contributed by atoms with Crippen molar-refractivity contribution in [3.63, 3.8) is 0 Å². The number of para-hydroxylation sites is 2. The molecule has 8 heteroatoms. The van der Waals surface area contributed by atoms with Gasteiger partial charge in [0.25, 0.3) is 5.91 Å². The van der Waals surface area contributed by atoms with Gasteiger partial charge in [-0.3, -0.25) is 19.8 Å². The van der Waals surface area contributed by atoms with Crippen LogP contribution in [-0.2, 0) is 16.1 Å². The van der Waals surface area contributed by atoms with Crippen LogP contribution >= 0.6 is 0 Å². The number of anilines is 2. The van der Waals surface area contributed by atoms with Crippen LogP contribution in [0.2, 0.25) is 0 Å². The lowest BCUT2D eigenvalue weighted by molar-refractivity contribution is -0.123. The molecule has 0 saturated heterocycles. The number of rotatable bonds is 5. The molecule has 1 N–H and O–H groups in total. The molecule has 8 nitrogen and oxygen atoms in total. The zero-order valence-electron chi connectivity index (χ0n) is 14.4. The molecule has 2 amide bonds. The Morgan fingerprint density at radius 3 is 2.74 bits per heavy atom. The Balaban J connectivity index is 1.41. The second-order valence-corrected chi connectivity index (χ2v) is 6.04. The lowest BCUT2D eigenvalue weighted by Gasteiger charge is -2.28. The molecule has 0 atom stereocenters. The molecule has 2 heterocycles. The first-order chi connectivity index (χ1) is 13.2. The van der Waals surface area contributed by atoms with Crippen molar-refractivity contribution in [1.29, 1.82) is 0 Å². The summed E-state index contributed by atoms with van der Waals surface area (Å²) in [5.41, 5.74) is 1.65. The summed E-state index contributed by atoms with van der Waals surface area (Å²) >= 11 is 0. The minimum atomic E-state index is -0.377. The highest BCUT2D eigenvalue weighted by Crippen LogP contribution is 2.31. The van der Waals surface area contributed by atoms with Gasteiger partial charge in [-0.2, -0.15) is 0 Å². The van der Waals surface area contributed by atoms with Crippen molar-refractivity contribution in [3.8, 4) is 5.75 Å². The van der Waals surface area contributed by atoms with Gasteiger partial charge in [-0.25, -0.2) is 9.67 Å². The maximum atomic E-state index is 12.4. The lowest BCUT2D eigenvalue weighted by Crippen LogP contribution is -2.43. The summed E-state index contributed by atoms with van der Waals surface area (Å²) < 4.78 is 7.01. The first-order valence-corrected chi connectivity index (χ1v) is 8.44.